The smallest absolute Gasteiger partial charge is 0.247 e. The number of hydrogen-bond acceptors (Lipinski definition) is 4. The molecule has 0 atom stereocenters. The molecule has 0 bridgehead atoms. The van der Waals surface area contributed by atoms with Crippen molar-refractivity contribution in [3.63, 3.8) is 0 Å². The quantitative estimate of drug-likeness (QED) is 0.443. The second-order valence-electron chi connectivity index (χ2n) is 3.91. The van der Waals surface area contributed by atoms with Crippen LogP contribution < -0.4 is 4.89 Å². The van der Waals surface area contributed by atoms with Gasteiger partial charge >= 0.3 is 0 Å². The molecule has 7 heteroatoms. The van der Waals surface area contributed by atoms with Crippen LogP contribution in [0, 0.1) is 0 Å². The molecule has 0 aromatic rings. The van der Waals surface area contributed by atoms with Crippen LogP contribution in [-0.4, -0.2) is 44.8 Å². The van der Waals surface area contributed by atoms with Gasteiger partial charge in [-0.2, -0.15) is 0 Å². The minimum atomic E-state index is -3.45. The first kappa shape index (κ1) is 14.2. The van der Waals surface area contributed by atoms with Gasteiger partial charge in [-0.15, -0.1) is 11.6 Å². The van der Waals surface area contributed by atoms with E-state index >= 15 is 0 Å². The van der Waals surface area contributed by atoms with Crippen molar-refractivity contribution in [2.24, 2.45) is 0 Å². The molecule has 1 rings (SSSR count). The molecule has 1 aliphatic rings. The number of likely N-dealkylation sites (tertiary alicyclic amines) is 1. The summed E-state index contributed by atoms with van der Waals surface area (Å²) in [5.41, 5.74) is 0. The van der Waals surface area contributed by atoms with E-state index in [1.807, 2.05) is 4.89 Å². The fraction of sp³-hybridized carbons (Fsp3) is 1.00. The first-order chi connectivity index (χ1) is 7.64. The van der Waals surface area contributed by atoms with Gasteiger partial charge in [0.25, 0.3) is 0 Å². The average Bonchev–Trinajstić information content (AvgIpc) is 2.53. The first-order valence-corrected chi connectivity index (χ1v) is 7.72. The number of hydrogen-bond donors (Lipinski definition) is 1. The Morgan fingerprint density at radius 3 is 2.38 bits per heavy atom. The number of halogens is 1. The Morgan fingerprint density at radius 2 is 1.81 bits per heavy atom. The third-order valence-electron chi connectivity index (χ3n) is 2.54. The SMILES string of the molecule is O=S(=O)(CCl)NOCCN1CCCCCC1. The summed E-state index contributed by atoms with van der Waals surface area (Å²) in [5.74, 6) is 0. The van der Waals surface area contributed by atoms with Crippen molar-refractivity contribution >= 4 is 21.6 Å². The number of nitrogens with one attached hydrogen (secondary N) is 1. The van der Waals surface area contributed by atoms with Crippen LogP contribution in [-0.2, 0) is 14.9 Å². The number of rotatable bonds is 6. The molecule has 1 heterocycles. The summed E-state index contributed by atoms with van der Waals surface area (Å²) >= 11 is 5.20. The zero-order valence-electron chi connectivity index (χ0n) is 9.32. The predicted molar refractivity (Wildman–Crippen MR) is 63.6 cm³/mol. The lowest BCUT2D eigenvalue weighted by atomic mass is 10.2. The molecule has 16 heavy (non-hydrogen) atoms. The lowest BCUT2D eigenvalue weighted by Crippen LogP contribution is -2.32. The van der Waals surface area contributed by atoms with Gasteiger partial charge in [-0.1, -0.05) is 17.7 Å². The van der Waals surface area contributed by atoms with Crippen LogP contribution >= 0.6 is 11.6 Å². The third-order valence-corrected chi connectivity index (χ3v) is 4.06. The maximum Gasteiger partial charge on any atom is 0.247 e. The van der Waals surface area contributed by atoms with E-state index in [4.69, 9.17) is 16.4 Å². The van der Waals surface area contributed by atoms with E-state index in [-0.39, 0.29) is 0 Å². The lowest BCUT2D eigenvalue weighted by molar-refractivity contribution is 0.0714. The molecule has 0 amide bonds. The van der Waals surface area contributed by atoms with E-state index < -0.39 is 15.2 Å². The molecule has 0 saturated carbocycles. The molecule has 1 saturated heterocycles. The van der Waals surface area contributed by atoms with E-state index in [0.717, 1.165) is 19.6 Å². The fourth-order valence-electron chi connectivity index (χ4n) is 1.69. The Hall–Kier alpha value is 0.120. The van der Waals surface area contributed by atoms with Crippen LogP contribution in [0.2, 0.25) is 0 Å². The highest BCUT2D eigenvalue weighted by molar-refractivity contribution is 7.90. The number of nitrogens with zero attached hydrogens (tertiary/aromatic N) is 1. The van der Waals surface area contributed by atoms with Gasteiger partial charge in [-0.25, -0.2) is 8.42 Å². The van der Waals surface area contributed by atoms with E-state index in [1.165, 1.54) is 25.7 Å². The average molecular weight is 271 g/mol. The summed E-state index contributed by atoms with van der Waals surface area (Å²) in [6.45, 7) is 3.26. The molecule has 1 aliphatic heterocycles. The maximum absolute atomic E-state index is 10.9. The minimum absolute atomic E-state index is 0.357. The summed E-state index contributed by atoms with van der Waals surface area (Å²) < 4.78 is 21.8. The van der Waals surface area contributed by atoms with Crippen molar-refractivity contribution in [2.75, 3.05) is 31.5 Å². The molecule has 0 aromatic carbocycles. The van der Waals surface area contributed by atoms with Gasteiger partial charge in [0.1, 0.15) is 5.21 Å². The highest BCUT2D eigenvalue weighted by Crippen LogP contribution is 2.08. The minimum Gasteiger partial charge on any atom is -0.301 e. The molecule has 0 radical (unpaired) electrons. The van der Waals surface area contributed by atoms with Gasteiger partial charge in [-0.3, -0.25) is 4.84 Å². The summed E-state index contributed by atoms with van der Waals surface area (Å²) in [6.07, 6.45) is 5.01. The summed E-state index contributed by atoms with van der Waals surface area (Å²) in [7, 11) is -3.45. The van der Waals surface area contributed by atoms with Gasteiger partial charge < -0.3 is 4.90 Å². The Morgan fingerprint density at radius 1 is 1.19 bits per heavy atom. The molecular weight excluding hydrogens is 252 g/mol. The Kier molecular flexibility index (Phi) is 6.60. The zero-order valence-corrected chi connectivity index (χ0v) is 10.9. The lowest BCUT2D eigenvalue weighted by Gasteiger charge is -2.19. The van der Waals surface area contributed by atoms with E-state index in [2.05, 4.69) is 4.90 Å². The maximum atomic E-state index is 10.9. The van der Waals surface area contributed by atoms with Crippen LogP contribution in [0.5, 0.6) is 0 Å². The molecule has 1 N–H and O–H groups in total. The molecule has 0 aliphatic carbocycles. The van der Waals surface area contributed by atoms with Crippen LogP contribution in [0.25, 0.3) is 0 Å². The normalized spacial score (nSPS) is 19.6. The molecular formula is C9H19ClN2O3S. The van der Waals surface area contributed by atoms with Gasteiger partial charge in [-0.05, 0) is 25.9 Å². The number of alkyl halides is 1. The highest BCUT2D eigenvalue weighted by atomic mass is 35.5. The van der Waals surface area contributed by atoms with Gasteiger partial charge in [0, 0.05) is 6.54 Å². The third kappa shape index (κ3) is 6.00. The van der Waals surface area contributed by atoms with Gasteiger partial charge in [0.05, 0.1) is 6.61 Å². The van der Waals surface area contributed by atoms with Crippen molar-refractivity contribution < 1.29 is 13.3 Å². The molecule has 1 fully saturated rings. The largest absolute Gasteiger partial charge is 0.301 e. The van der Waals surface area contributed by atoms with Crippen molar-refractivity contribution in [2.45, 2.75) is 25.7 Å². The van der Waals surface area contributed by atoms with Crippen molar-refractivity contribution in [3.05, 3.63) is 0 Å². The highest BCUT2D eigenvalue weighted by Gasteiger charge is 2.10. The summed E-state index contributed by atoms with van der Waals surface area (Å²) in [5, 5.41) is -0.475. The van der Waals surface area contributed by atoms with Crippen molar-refractivity contribution in [3.8, 4) is 0 Å². The fourth-order valence-corrected chi connectivity index (χ4v) is 2.13. The van der Waals surface area contributed by atoms with Crippen molar-refractivity contribution in [1.29, 1.82) is 0 Å². The number of sulfonamides is 1. The second kappa shape index (κ2) is 7.45. The molecule has 5 nitrogen and oxygen atoms in total. The van der Waals surface area contributed by atoms with Crippen LogP contribution in [0.4, 0.5) is 0 Å². The molecule has 0 aromatic heterocycles. The molecule has 0 spiro atoms. The zero-order chi connectivity index (χ0) is 11.9. The summed E-state index contributed by atoms with van der Waals surface area (Å²) in [4.78, 5) is 9.14. The monoisotopic (exact) mass is 270 g/mol. The van der Waals surface area contributed by atoms with Crippen LogP contribution in [0.15, 0.2) is 0 Å². The molecule has 0 unspecified atom stereocenters. The molecule has 96 valence electrons. The Labute approximate surface area is 102 Å². The van der Waals surface area contributed by atoms with Crippen molar-refractivity contribution in [1.82, 2.24) is 9.79 Å². The summed E-state index contributed by atoms with van der Waals surface area (Å²) in [6, 6.07) is 0. The van der Waals surface area contributed by atoms with Gasteiger partial charge in [0.2, 0.25) is 10.0 Å². The first-order valence-electron chi connectivity index (χ1n) is 5.53. The van der Waals surface area contributed by atoms with Gasteiger partial charge in [0.15, 0.2) is 0 Å². The Bertz CT molecular complexity index is 276. The Balaban J connectivity index is 2.10. The van der Waals surface area contributed by atoms with Crippen LogP contribution in [0.1, 0.15) is 25.7 Å². The van der Waals surface area contributed by atoms with Crippen LogP contribution in [0.3, 0.4) is 0 Å². The van der Waals surface area contributed by atoms with E-state index in [0.29, 0.717) is 6.61 Å². The van der Waals surface area contributed by atoms with E-state index in [9.17, 15) is 8.42 Å². The predicted octanol–water partition coefficient (Wildman–Crippen LogP) is 0.910. The van der Waals surface area contributed by atoms with E-state index in [1.54, 1.807) is 0 Å². The second-order valence-corrected chi connectivity index (χ2v) is 6.18. The topological polar surface area (TPSA) is 58.6 Å². The standard InChI is InChI=1S/C9H19ClN2O3S/c10-9-16(13,14)11-15-8-7-12-5-3-1-2-4-6-12/h11H,1-9H2.